The van der Waals surface area contributed by atoms with E-state index in [2.05, 4.69) is 43.3 Å². The number of hydrogen-bond donors (Lipinski definition) is 0. The second-order valence-corrected chi connectivity index (χ2v) is 7.73. The molecule has 1 fully saturated rings. The molecular weight excluding hydrogens is 344 g/mol. The van der Waals surface area contributed by atoms with Gasteiger partial charge >= 0.3 is 0 Å². The molecule has 142 valence electrons. The Hall–Kier alpha value is -2.94. The SMILES string of the molecule is Cc1cccc(Cc2cc(C)nc([C@@H]3CCCN3C(=O)c3ccccc3)c2)c1. The predicted molar refractivity (Wildman–Crippen MR) is 112 cm³/mol. The van der Waals surface area contributed by atoms with Crippen molar-refractivity contribution in [1.29, 1.82) is 0 Å². The number of aromatic nitrogens is 1. The molecule has 0 aliphatic carbocycles. The number of rotatable bonds is 4. The molecule has 0 unspecified atom stereocenters. The van der Waals surface area contributed by atoms with Crippen LogP contribution in [0.15, 0.2) is 66.7 Å². The van der Waals surface area contributed by atoms with Crippen LogP contribution in [-0.2, 0) is 6.42 Å². The normalized spacial score (nSPS) is 16.4. The van der Waals surface area contributed by atoms with Gasteiger partial charge in [-0.3, -0.25) is 9.78 Å². The lowest BCUT2D eigenvalue weighted by atomic mass is 10.0. The van der Waals surface area contributed by atoms with E-state index in [4.69, 9.17) is 4.98 Å². The van der Waals surface area contributed by atoms with Gasteiger partial charge in [0, 0.05) is 17.8 Å². The van der Waals surface area contributed by atoms with E-state index in [9.17, 15) is 4.79 Å². The van der Waals surface area contributed by atoms with Crippen molar-refractivity contribution in [3.05, 3.63) is 100 Å². The van der Waals surface area contributed by atoms with Gasteiger partial charge in [0.1, 0.15) is 0 Å². The van der Waals surface area contributed by atoms with Crippen molar-refractivity contribution in [2.24, 2.45) is 0 Å². The maximum Gasteiger partial charge on any atom is 0.254 e. The molecule has 1 aliphatic rings. The van der Waals surface area contributed by atoms with Crippen LogP contribution >= 0.6 is 0 Å². The summed E-state index contributed by atoms with van der Waals surface area (Å²) in [5.41, 5.74) is 6.62. The molecule has 0 saturated carbocycles. The highest BCUT2D eigenvalue weighted by Crippen LogP contribution is 2.33. The summed E-state index contributed by atoms with van der Waals surface area (Å²) in [6.45, 7) is 4.96. The maximum atomic E-state index is 13.0. The van der Waals surface area contributed by atoms with E-state index in [-0.39, 0.29) is 11.9 Å². The summed E-state index contributed by atoms with van der Waals surface area (Å²) in [6.07, 6.45) is 2.88. The molecule has 0 N–H and O–H groups in total. The summed E-state index contributed by atoms with van der Waals surface area (Å²) in [4.78, 5) is 19.8. The average Bonchev–Trinajstić information content (AvgIpc) is 3.17. The maximum absolute atomic E-state index is 13.0. The third-order valence-electron chi connectivity index (χ3n) is 5.40. The first-order valence-corrected chi connectivity index (χ1v) is 9.99. The molecule has 1 aliphatic heterocycles. The highest BCUT2D eigenvalue weighted by molar-refractivity contribution is 5.94. The summed E-state index contributed by atoms with van der Waals surface area (Å²) in [5, 5.41) is 0. The van der Waals surface area contributed by atoms with Crippen LogP contribution in [-0.4, -0.2) is 22.3 Å². The quantitative estimate of drug-likeness (QED) is 0.627. The van der Waals surface area contributed by atoms with E-state index < -0.39 is 0 Å². The largest absolute Gasteiger partial charge is 0.330 e. The summed E-state index contributed by atoms with van der Waals surface area (Å²) in [6, 6.07) is 22.6. The van der Waals surface area contributed by atoms with Crippen LogP contribution in [0.5, 0.6) is 0 Å². The number of amides is 1. The van der Waals surface area contributed by atoms with Crippen molar-refractivity contribution in [3.8, 4) is 0 Å². The first-order chi connectivity index (χ1) is 13.6. The van der Waals surface area contributed by atoms with Crippen molar-refractivity contribution in [3.63, 3.8) is 0 Å². The third kappa shape index (κ3) is 3.99. The minimum Gasteiger partial charge on any atom is -0.330 e. The Balaban J connectivity index is 1.61. The highest BCUT2D eigenvalue weighted by atomic mass is 16.2. The van der Waals surface area contributed by atoms with Crippen molar-refractivity contribution in [2.75, 3.05) is 6.54 Å². The minimum absolute atomic E-state index is 0.0591. The standard InChI is InChI=1S/C25H26N2O/c1-18-8-6-9-20(14-18)16-21-15-19(2)26-23(17-21)24-12-7-13-27(24)25(28)22-10-4-3-5-11-22/h3-6,8-11,14-15,17,24H,7,12-13,16H2,1-2H3/t24-/m0/s1. The molecule has 1 aromatic heterocycles. The molecule has 28 heavy (non-hydrogen) atoms. The van der Waals surface area contributed by atoms with Crippen molar-refractivity contribution < 1.29 is 4.79 Å². The summed E-state index contributed by atoms with van der Waals surface area (Å²) < 4.78 is 0. The zero-order valence-electron chi connectivity index (χ0n) is 16.6. The number of likely N-dealkylation sites (tertiary alicyclic amines) is 1. The van der Waals surface area contributed by atoms with Crippen molar-refractivity contribution in [1.82, 2.24) is 9.88 Å². The van der Waals surface area contributed by atoms with Crippen molar-refractivity contribution in [2.45, 2.75) is 39.2 Å². The zero-order valence-corrected chi connectivity index (χ0v) is 16.6. The molecule has 4 rings (SSSR count). The molecule has 0 radical (unpaired) electrons. The third-order valence-corrected chi connectivity index (χ3v) is 5.40. The second kappa shape index (κ2) is 7.97. The highest BCUT2D eigenvalue weighted by Gasteiger charge is 2.31. The minimum atomic E-state index is 0.0591. The molecule has 3 heteroatoms. The number of hydrogen-bond acceptors (Lipinski definition) is 2. The summed E-state index contributed by atoms with van der Waals surface area (Å²) in [5.74, 6) is 0.103. The Kier molecular flexibility index (Phi) is 5.25. The summed E-state index contributed by atoms with van der Waals surface area (Å²) in [7, 11) is 0. The van der Waals surface area contributed by atoms with E-state index in [1.807, 2.05) is 42.2 Å². The molecular formula is C25H26N2O. The topological polar surface area (TPSA) is 33.2 Å². The average molecular weight is 370 g/mol. The lowest BCUT2D eigenvalue weighted by molar-refractivity contribution is 0.0732. The number of pyridine rings is 1. The van der Waals surface area contributed by atoms with E-state index >= 15 is 0 Å². The fraction of sp³-hybridized carbons (Fsp3) is 0.280. The Morgan fingerprint density at radius 3 is 2.61 bits per heavy atom. The molecule has 3 nitrogen and oxygen atoms in total. The van der Waals surface area contributed by atoms with Crippen LogP contribution in [0, 0.1) is 13.8 Å². The fourth-order valence-corrected chi connectivity index (χ4v) is 4.16. The van der Waals surface area contributed by atoms with Crippen LogP contribution in [0.1, 0.15) is 57.3 Å². The van der Waals surface area contributed by atoms with Gasteiger partial charge in [-0.15, -0.1) is 0 Å². The molecule has 2 heterocycles. The molecule has 0 spiro atoms. The van der Waals surface area contributed by atoms with E-state index in [0.717, 1.165) is 42.8 Å². The molecule has 1 atom stereocenters. The first-order valence-electron chi connectivity index (χ1n) is 9.99. The smallest absolute Gasteiger partial charge is 0.254 e. The number of carbonyl (C=O) groups excluding carboxylic acids is 1. The second-order valence-electron chi connectivity index (χ2n) is 7.73. The van der Waals surface area contributed by atoms with Gasteiger partial charge in [-0.1, -0.05) is 48.0 Å². The Morgan fingerprint density at radius 1 is 1.00 bits per heavy atom. The van der Waals surface area contributed by atoms with Gasteiger partial charge in [-0.2, -0.15) is 0 Å². The van der Waals surface area contributed by atoms with Crippen LogP contribution < -0.4 is 0 Å². The monoisotopic (exact) mass is 370 g/mol. The van der Waals surface area contributed by atoms with Crippen LogP contribution in [0.2, 0.25) is 0 Å². The number of aryl methyl sites for hydroxylation is 2. The zero-order chi connectivity index (χ0) is 19.5. The Labute approximate surface area is 167 Å². The predicted octanol–water partition coefficient (Wildman–Crippen LogP) is 5.27. The van der Waals surface area contributed by atoms with Gasteiger partial charge < -0.3 is 4.90 Å². The molecule has 1 amide bonds. The van der Waals surface area contributed by atoms with Crippen LogP contribution in [0.3, 0.4) is 0 Å². The van der Waals surface area contributed by atoms with Gasteiger partial charge in [-0.25, -0.2) is 0 Å². The Bertz CT molecular complexity index is 981. The Morgan fingerprint density at radius 2 is 1.82 bits per heavy atom. The lowest BCUT2D eigenvalue weighted by Crippen LogP contribution is -2.31. The van der Waals surface area contributed by atoms with Crippen molar-refractivity contribution >= 4 is 5.91 Å². The number of nitrogens with zero attached hydrogens (tertiary/aromatic N) is 2. The van der Waals surface area contributed by atoms with E-state index in [1.165, 1.54) is 16.7 Å². The van der Waals surface area contributed by atoms with Gasteiger partial charge in [0.25, 0.3) is 5.91 Å². The van der Waals surface area contributed by atoms with Crippen LogP contribution in [0.4, 0.5) is 0 Å². The molecule has 2 aromatic carbocycles. The van der Waals surface area contributed by atoms with Gasteiger partial charge in [0.2, 0.25) is 0 Å². The first kappa shape index (κ1) is 18.4. The van der Waals surface area contributed by atoms with Gasteiger partial charge in [0.15, 0.2) is 0 Å². The van der Waals surface area contributed by atoms with E-state index in [0.29, 0.717) is 0 Å². The van der Waals surface area contributed by atoms with E-state index in [1.54, 1.807) is 0 Å². The molecule has 0 bridgehead atoms. The number of carbonyl (C=O) groups is 1. The molecule has 1 saturated heterocycles. The lowest BCUT2D eigenvalue weighted by Gasteiger charge is -2.25. The van der Waals surface area contributed by atoms with Gasteiger partial charge in [-0.05, 0) is 68.5 Å². The number of benzene rings is 2. The van der Waals surface area contributed by atoms with Gasteiger partial charge in [0.05, 0.1) is 11.7 Å². The van der Waals surface area contributed by atoms with Crippen LogP contribution in [0.25, 0.3) is 0 Å². The fourth-order valence-electron chi connectivity index (χ4n) is 4.16. The summed E-state index contributed by atoms with van der Waals surface area (Å²) >= 11 is 0. The molecule has 3 aromatic rings.